The number of fused-ring (bicyclic) bond motifs is 1. The Morgan fingerprint density at radius 1 is 1.04 bits per heavy atom. The number of aromatic nitrogens is 9. The number of aromatic amines is 1. The molecule has 47 heavy (non-hydrogen) atoms. The van der Waals surface area contributed by atoms with Crippen LogP contribution in [0.1, 0.15) is 40.9 Å². The Morgan fingerprint density at radius 2 is 1.81 bits per heavy atom. The molecule has 2 aromatic carbocycles. The average Bonchev–Trinajstić information content (AvgIpc) is 3.91. The SMILES string of the molecule is Cn1cnc(CCNc2nc(NCC(c3ccccc3)c3ccccc3)c3ncn([C@@H]4O[C@H](c5nnc[nH]5)[C@@H](O)[C@H]4OC=O)c3n2)c1. The van der Waals surface area contributed by atoms with Crippen LogP contribution in [0.3, 0.4) is 0 Å². The van der Waals surface area contributed by atoms with Crippen molar-refractivity contribution in [2.75, 3.05) is 23.7 Å². The number of benzene rings is 2. The van der Waals surface area contributed by atoms with Gasteiger partial charge in [0.2, 0.25) is 5.95 Å². The molecule has 15 heteroatoms. The predicted molar refractivity (Wildman–Crippen MR) is 170 cm³/mol. The zero-order valence-corrected chi connectivity index (χ0v) is 25.4. The minimum atomic E-state index is -1.23. The quantitative estimate of drug-likeness (QED) is 0.136. The first-order valence-corrected chi connectivity index (χ1v) is 15.2. The molecule has 6 aromatic rings. The molecule has 7 rings (SSSR count). The van der Waals surface area contributed by atoms with E-state index in [1.807, 2.05) is 54.2 Å². The molecule has 0 radical (unpaired) electrons. The van der Waals surface area contributed by atoms with Crippen LogP contribution in [0.5, 0.6) is 0 Å². The van der Waals surface area contributed by atoms with Gasteiger partial charge in [0.1, 0.15) is 18.5 Å². The molecule has 0 amide bonds. The third-order valence-electron chi connectivity index (χ3n) is 8.13. The second-order valence-corrected chi connectivity index (χ2v) is 11.2. The number of ether oxygens (including phenoxy) is 2. The number of H-pyrrole nitrogens is 1. The van der Waals surface area contributed by atoms with E-state index >= 15 is 0 Å². The summed E-state index contributed by atoms with van der Waals surface area (Å²) in [6.07, 6.45) is 3.08. The molecule has 1 fully saturated rings. The number of hydrogen-bond donors (Lipinski definition) is 4. The van der Waals surface area contributed by atoms with Crippen LogP contribution in [0.2, 0.25) is 0 Å². The van der Waals surface area contributed by atoms with E-state index in [4.69, 9.17) is 19.4 Å². The lowest BCUT2D eigenvalue weighted by Gasteiger charge is -2.21. The zero-order valence-electron chi connectivity index (χ0n) is 25.4. The minimum absolute atomic E-state index is 0.0198. The van der Waals surface area contributed by atoms with Crippen molar-refractivity contribution in [1.29, 1.82) is 0 Å². The third-order valence-corrected chi connectivity index (χ3v) is 8.13. The summed E-state index contributed by atoms with van der Waals surface area (Å²) in [5.41, 5.74) is 4.12. The molecule has 1 aliphatic heterocycles. The molecule has 5 heterocycles. The van der Waals surface area contributed by atoms with Crippen molar-refractivity contribution in [1.82, 2.24) is 44.3 Å². The van der Waals surface area contributed by atoms with Crippen LogP contribution in [0.25, 0.3) is 11.2 Å². The highest BCUT2D eigenvalue weighted by atomic mass is 16.6. The van der Waals surface area contributed by atoms with E-state index in [0.29, 0.717) is 48.3 Å². The van der Waals surface area contributed by atoms with Gasteiger partial charge in [0, 0.05) is 38.7 Å². The summed E-state index contributed by atoms with van der Waals surface area (Å²) in [6, 6.07) is 20.5. The number of aryl methyl sites for hydroxylation is 1. The lowest BCUT2D eigenvalue weighted by molar-refractivity contribution is -0.142. The maximum atomic E-state index is 11.5. The highest BCUT2D eigenvalue weighted by Crippen LogP contribution is 2.40. The van der Waals surface area contributed by atoms with Crippen molar-refractivity contribution < 1.29 is 19.4 Å². The van der Waals surface area contributed by atoms with E-state index in [-0.39, 0.29) is 12.4 Å². The Morgan fingerprint density at radius 3 is 2.47 bits per heavy atom. The van der Waals surface area contributed by atoms with Crippen LogP contribution in [0, 0.1) is 0 Å². The summed E-state index contributed by atoms with van der Waals surface area (Å²) in [5, 5.41) is 25.7. The number of carbonyl (C=O) groups is 1. The van der Waals surface area contributed by atoms with Gasteiger partial charge in [-0.15, -0.1) is 10.2 Å². The lowest BCUT2D eigenvalue weighted by atomic mass is 9.91. The standard InChI is InChI=1S/C32H33N11O4/c1-42-15-22(36-17-42)12-13-33-32-39-28(34-14-23(20-8-4-2-5-9-20)21-10-6-3-7-11-21)24-30(40-32)43(18-37-24)31-27(46-19-44)25(45)26(47-31)29-35-16-38-41-29/h2-11,15-19,23,25-27,31,45H,12-14H2,1H3,(H,35,38,41)(H2,33,34,39,40)/t25-,26+,27-,31-/m1/s1. The highest BCUT2D eigenvalue weighted by molar-refractivity contribution is 5.84. The van der Waals surface area contributed by atoms with Crippen LogP contribution >= 0.6 is 0 Å². The number of aliphatic hydroxyl groups excluding tert-OH is 1. The predicted octanol–water partition coefficient (Wildman–Crippen LogP) is 2.75. The van der Waals surface area contributed by atoms with Crippen molar-refractivity contribution in [2.45, 2.75) is 36.9 Å². The molecule has 4 N–H and O–H groups in total. The first-order chi connectivity index (χ1) is 23.1. The van der Waals surface area contributed by atoms with E-state index in [1.54, 1.807) is 10.9 Å². The average molecular weight is 636 g/mol. The lowest BCUT2D eigenvalue weighted by Crippen LogP contribution is -2.32. The topological polar surface area (TPSA) is 183 Å². The maximum Gasteiger partial charge on any atom is 0.293 e. The van der Waals surface area contributed by atoms with Crippen molar-refractivity contribution in [3.05, 3.63) is 108 Å². The van der Waals surface area contributed by atoms with Crippen LogP contribution in [-0.4, -0.2) is 81.1 Å². The van der Waals surface area contributed by atoms with Crippen molar-refractivity contribution >= 4 is 29.4 Å². The van der Waals surface area contributed by atoms with E-state index in [9.17, 15) is 9.90 Å². The van der Waals surface area contributed by atoms with Gasteiger partial charge in [-0.05, 0) is 11.1 Å². The number of anilines is 2. The molecule has 4 atom stereocenters. The highest BCUT2D eigenvalue weighted by Gasteiger charge is 2.49. The Hall–Kier alpha value is -5.67. The van der Waals surface area contributed by atoms with E-state index < -0.39 is 24.5 Å². The maximum absolute atomic E-state index is 11.5. The molecule has 15 nitrogen and oxygen atoms in total. The first kappa shape index (κ1) is 30.0. The van der Waals surface area contributed by atoms with Crippen molar-refractivity contribution in [3.63, 3.8) is 0 Å². The van der Waals surface area contributed by atoms with E-state index in [1.165, 1.54) is 12.7 Å². The van der Waals surface area contributed by atoms with Gasteiger partial charge in [-0.2, -0.15) is 9.97 Å². The van der Waals surface area contributed by atoms with E-state index in [2.05, 4.69) is 60.0 Å². The molecule has 0 aliphatic carbocycles. The summed E-state index contributed by atoms with van der Waals surface area (Å²) in [7, 11) is 1.93. The summed E-state index contributed by atoms with van der Waals surface area (Å²) >= 11 is 0. The fraction of sp³-hybridized carbons (Fsp3) is 0.281. The third kappa shape index (κ3) is 6.25. The number of carbonyl (C=O) groups excluding carboxylic acids is 1. The van der Waals surface area contributed by atoms with Crippen LogP contribution < -0.4 is 10.6 Å². The smallest absolute Gasteiger partial charge is 0.293 e. The molecule has 0 spiro atoms. The number of rotatable bonds is 13. The molecule has 0 unspecified atom stereocenters. The fourth-order valence-corrected chi connectivity index (χ4v) is 5.87. The van der Waals surface area contributed by atoms with Crippen molar-refractivity contribution in [2.24, 2.45) is 7.05 Å². The molecule has 0 saturated carbocycles. The van der Waals surface area contributed by atoms with Gasteiger partial charge in [0.05, 0.1) is 18.3 Å². The number of nitrogens with zero attached hydrogens (tertiary/aromatic N) is 8. The van der Waals surface area contributed by atoms with E-state index in [0.717, 1.165) is 16.8 Å². The Labute approximate surface area is 269 Å². The molecular weight excluding hydrogens is 602 g/mol. The molecule has 240 valence electrons. The molecule has 4 aromatic heterocycles. The second kappa shape index (κ2) is 13.4. The first-order valence-electron chi connectivity index (χ1n) is 15.2. The summed E-state index contributed by atoms with van der Waals surface area (Å²) < 4.78 is 15.1. The van der Waals surface area contributed by atoms with Gasteiger partial charge >= 0.3 is 0 Å². The summed E-state index contributed by atoms with van der Waals surface area (Å²) in [5.74, 6) is 1.17. The number of nitrogens with one attached hydrogen (secondary N) is 3. The molecular formula is C32H33N11O4. The number of hydrogen-bond acceptors (Lipinski definition) is 12. The van der Waals surface area contributed by atoms with Gasteiger partial charge in [0.15, 0.2) is 35.1 Å². The largest absolute Gasteiger partial charge is 0.457 e. The Kier molecular flexibility index (Phi) is 8.53. The van der Waals surface area contributed by atoms with Crippen LogP contribution in [0.4, 0.5) is 11.8 Å². The van der Waals surface area contributed by atoms with Crippen LogP contribution in [-0.2, 0) is 27.7 Å². The van der Waals surface area contributed by atoms with Gasteiger partial charge in [-0.3, -0.25) is 9.36 Å². The van der Waals surface area contributed by atoms with Gasteiger partial charge in [-0.25, -0.2) is 9.97 Å². The number of aliphatic hydroxyl groups is 1. The Balaban J connectivity index is 1.23. The van der Waals surface area contributed by atoms with Gasteiger partial charge in [0.25, 0.3) is 6.47 Å². The van der Waals surface area contributed by atoms with Crippen LogP contribution in [0.15, 0.2) is 85.8 Å². The number of imidazole rings is 2. The minimum Gasteiger partial charge on any atom is -0.457 e. The summed E-state index contributed by atoms with van der Waals surface area (Å²) in [4.78, 5) is 33.0. The fourth-order valence-electron chi connectivity index (χ4n) is 5.87. The Bertz CT molecular complexity index is 1870. The molecule has 0 bridgehead atoms. The van der Waals surface area contributed by atoms with Gasteiger partial charge in [-0.1, -0.05) is 60.7 Å². The normalized spacial score (nSPS) is 19.3. The zero-order chi connectivity index (χ0) is 32.2. The van der Waals surface area contributed by atoms with Crippen molar-refractivity contribution in [3.8, 4) is 0 Å². The summed E-state index contributed by atoms with van der Waals surface area (Å²) in [6.45, 7) is 1.32. The monoisotopic (exact) mass is 635 g/mol. The molecule has 1 aliphatic rings. The van der Waals surface area contributed by atoms with Gasteiger partial charge < -0.3 is 34.8 Å². The second-order valence-electron chi connectivity index (χ2n) is 11.2. The molecule has 1 saturated heterocycles.